The first-order chi connectivity index (χ1) is 10.8. The molecule has 0 saturated heterocycles. The van der Waals surface area contributed by atoms with Gasteiger partial charge in [0.25, 0.3) is 0 Å². The standard InChI is InChI=1S/C20H34O2/c21-20(22-19-10-6-3-7-11-19)18-14-12-17(13-15-18)16-8-4-1-2-5-9-16/h16-19H,1-15H2. The Morgan fingerprint density at radius 3 is 1.73 bits per heavy atom. The van der Waals surface area contributed by atoms with Gasteiger partial charge in [0.05, 0.1) is 5.92 Å². The molecule has 3 saturated carbocycles. The molecule has 3 fully saturated rings. The lowest BCUT2D eigenvalue weighted by Gasteiger charge is -2.33. The molecule has 0 bridgehead atoms. The summed E-state index contributed by atoms with van der Waals surface area (Å²) in [4.78, 5) is 12.4. The second-order valence-corrected chi connectivity index (χ2v) is 8.06. The Hall–Kier alpha value is -0.530. The van der Waals surface area contributed by atoms with E-state index in [0.29, 0.717) is 0 Å². The fourth-order valence-corrected chi connectivity index (χ4v) is 5.05. The zero-order chi connectivity index (χ0) is 15.2. The molecule has 0 aromatic rings. The summed E-state index contributed by atoms with van der Waals surface area (Å²) in [6, 6.07) is 0. The number of hydrogen-bond acceptors (Lipinski definition) is 2. The maximum absolute atomic E-state index is 12.4. The van der Waals surface area contributed by atoms with Crippen molar-refractivity contribution in [3.8, 4) is 0 Å². The molecular weight excluding hydrogens is 272 g/mol. The molecule has 0 unspecified atom stereocenters. The molecule has 0 amide bonds. The zero-order valence-electron chi connectivity index (χ0n) is 14.2. The van der Waals surface area contributed by atoms with E-state index in [1.165, 1.54) is 70.6 Å². The van der Waals surface area contributed by atoms with Crippen molar-refractivity contribution in [3.63, 3.8) is 0 Å². The summed E-state index contributed by atoms with van der Waals surface area (Å²) in [6.45, 7) is 0. The summed E-state index contributed by atoms with van der Waals surface area (Å²) in [5, 5.41) is 0. The Kier molecular flexibility index (Phi) is 6.20. The Morgan fingerprint density at radius 1 is 0.591 bits per heavy atom. The van der Waals surface area contributed by atoms with Gasteiger partial charge in [-0.15, -0.1) is 0 Å². The molecule has 0 aromatic heterocycles. The van der Waals surface area contributed by atoms with Crippen molar-refractivity contribution in [2.75, 3.05) is 0 Å². The maximum Gasteiger partial charge on any atom is 0.309 e. The lowest BCUT2D eigenvalue weighted by molar-refractivity contribution is -0.157. The Morgan fingerprint density at radius 2 is 1.09 bits per heavy atom. The third-order valence-corrected chi connectivity index (χ3v) is 6.51. The van der Waals surface area contributed by atoms with E-state index < -0.39 is 0 Å². The highest BCUT2D eigenvalue weighted by Gasteiger charge is 2.32. The smallest absolute Gasteiger partial charge is 0.309 e. The number of carbonyl (C=O) groups excluding carboxylic acids is 1. The molecule has 3 rings (SSSR count). The van der Waals surface area contributed by atoms with E-state index in [1.807, 2.05) is 0 Å². The maximum atomic E-state index is 12.4. The van der Waals surface area contributed by atoms with Gasteiger partial charge in [0.15, 0.2) is 0 Å². The lowest BCUT2D eigenvalue weighted by atomic mass is 9.73. The topological polar surface area (TPSA) is 26.3 Å². The van der Waals surface area contributed by atoms with Gasteiger partial charge in [-0.3, -0.25) is 4.79 Å². The van der Waals surface area contributed by atoms with E-state index in [4.69, 9.17) is 4.74 Å². The third-order valence-electron chi connectivity index (χ3n) is 6.51. The molecule has 22 heavy (non-hydrogen) atoms. The Balaban J connectivity index is 1.41. The van der Waals surface area contributed by atoms with Crippen LogP contribution in [0.25, 0.3) is 0 Å². The van der Waals surface area contributed by atoms with Crippen molar-refractivity contribution in [3.05, 3.63) is 0 Å². The van der Waals surface area contributed by atoms with Gasteiger partial charge in [0.1, 0.15) is 6.10 Å². The number of ether oxygens (including phenoxy) is 1. The molecule has 126 valence electrons. The molecule has 2 nitrogen and oxygen atoms in total. The highest BCUT2D eigenvalue weighted by molar-refractivity contribution is 5.72. The van der Waals surface area contributed by atoms with Gasteiger partial charge in [0, 0.05) is 0 Å². The summed E-state index contributed by atoms with van der Waals surface area (Å²) in [5.74, 6) is 2.20. The van der Waals surface area contributed by atoms with Crippen LogP contribution in [0.3, 0.4) is 0 Å². The molecule has 2 heteroatoms. The Bertz CT molecular complexity index is 330. The van der Waals surface area contributed by atoms with Crippen LogP contribution in [0.5, 0.6) is 0 Å². The van der Waals surface area contributed by atoms with Crippen LogP contribution in [0.15, 0.2) is 0 Å². The fourth-order valence-electron chi connectivity index (χ4n) is 5.05. The van der Waals surface area contributed by atoms with Crippen LogP contribution in [0.4, 0.5) is 0 Å². The number of esters is 1. The summed E-state index contributed by atoms with van der Waals surface area (Å²) in [6.07, 6.45) is 19.6. The zero-order valence-corrected chi connectivity index (χ0v) is 14.2. The SMILES string of the molecule is O=C(OC1CCCCC1)C1CCC(C2CCCCCC2)CC1. The minimum Gasteiger partial charge on any atom is -0.462 e. The van der Waals surface area contributed by atoms with Gasteiger partial charge in [-0.25, -0.2) is 0 Å². The molecule has 0 atom stereocenters. The largest absolute Gasteiger partial charge is 0.462 e. The van der Waals surface area contributed by atoms with Crippen molar-refractivity contribution in [1.29, 1.82) is 0 Å². The van der Waals surface area contributed by atoms with Crippen LogP contribution in [-0.2, 0) is 9.53 Å². The monoisotopic (exact) mass is 306 g/mol. The van der Waals surface area contributed by atoms with E-state index in [9.17, 15) is 4.79 Å². The predicted molar refractivity (Wildman–Crippen MR) is 89.6 cm³/mol. The highest BCUT2D eigenvalue weighted by Crippen LogP contribution is 2.39. The number of rotatable bonds is 3. The predicted octanol–water partition coefficient (Wildman–Crippen LogP) is 5.64. The second-order valence-electron chi connectivity index (χ2n) is 8.06. The highest BCUT2D eigenvalue weighted by atomic mass is 16.5. The van der Waals surface area contributed by atoms with Crippen LogP contribution in [0.1, 0.15) is 96.3 Å². The molecule has 0 aromatic carbocycles. The van der Waals surface area contributed by atoms with Gasteiger partial charge in [0.2, 0.25) is 0 Å². The fraction of sp³-hybridized carbons (Fsp3) is 0.950. The number of hydrogen-bond donors (Lipinski definition) is 0. The molecule has 3 aliphatic carbocycles. The van der Waals surface area contributed by atoms with Crippen LogP contribution < -0.4 is 0 Å². The van der Waals surface area contributed by atoms with E-state index in [0.717, 1.165) is 37.5 Å². The third kappa shape index (κ3) is 4.49. The van der Waals surface area contributed by atoms with Gasteiger partial charge in [-0.05, 0) is 63.2 Å². The van der Waals surface area contributed by atoms with Crippen molar-refractivity contribution < 1.29 is 9.53 Å². The van der Waals surface area contributed by atoms with Gasteiger partial charge >= 0.3 is 5.97 Å². The van der Waals surface area contributed by atoms with Crippen LogP contribution >= 0.6 is 0 Å². The van der Waals surface area contributed by atoms with Crippen molar-refractivity contribution >= 4 is 5.97 Å². The summed E-state index contributed by atoms with van der Waals surface area (Å²) in [7, 11) is 0. The van der Waals surface area contributed by atoms with E-state index in [-0.39, 0.29) is 18.0 Å². The van der Waals surface area contributed by atoms with Gasteiger partial charge in [-0.1, -0.05) is 44.9 Å². The quantitative estimate of drug-likeness (QED) is 0.498. The minimum absolute atomic E-state index is 0.131. The minimum atomic E-state index is 0.131. The van der Waals surface area contributed by atoms with Gasteiger partial charge in [-0.2, -0.15) is 0 Å². The van der Waals surface area contributed by atoms with Crippen LogP contribution in [0.2, 0.25) is 0 Å². The van der Waals surface area contributed by atoms with E-state index in [2.05, 4.69) is 0 Å². The second kappa shape index (κ2) is 8.36. The molecule has 0 heterocycles. The number of carbonyl (C=O) groups is 1. The molecule has 0 N–H and O–H groups in total. The Labute approximate surface area is 136 Å². The first-order valence-electron chi connectivity index (χ1n) is 10.0. The van der Waals surface area contributed by atoms with Crippen molar-refractivity contribution in [1.82, 2.24) is 0 Å². The summed E-state index contributed by atoms with van der Waals surface area (Å²) in [5.41, 5.74) is 0. The molecular formula is C20H34O2. The molecule has 3 aliphatic rings. The van der Waals surface area contributed by atoms with Crippen molar-refractivity contribution in [2.45, 2.75) is 102 Å². The summed E-state index contributed by atoms with van der Waals surface area (Å²) >= 11 is 0. The average molecular weight is 306 g/mol. The normalized spacial score (nSPS) is 32.4. The van der Waals surface area contributed by atoms with Crippen molar-refractivity contribution in [2.24, 2.45) is 17.8 Å². The molecule has 0 aliphatic heterocycles. The summed E-state index contributed by atoms with van der Waals surface area (Å²) < 4.78 is 5.79. The lowest BCUT2D eigenvalue weighted by Crippen LogP contribution is -2.30. The molecule has 0 spiro atoms. The van der Waals surface area contributed by atoms with Crippen LogP contribution in [-0.4, -0.2) is 12.1 Å². The van der Waals surface area contributed by atoms with E-state index in [1.54, 1.807) is 0 Å². The average Bonchev–Trinajstić information content (AvgIpc) is 2.85. The van der Waals surface area contributed by atoms with Crippen LogP contribution in [0, 0.1) is 17.8 Å². The van der Waals surface area contributed by atoms with E-state index >= 15 is 0 Å². The first-order valence-corrected chi connectivity index (χ1v) is 10.0. The first kappa shape index (κ1) is 16.3. The molecule has 0 radical (unpaired) electrons. The van der Waals surface area contributed by atoms with Gasteiger partial charge < -0.3 is 4.74 Å².